The number of nitrogens with zero attached hydrogens (tertiary/aromatic N) is 1. The minimum absolute atomic E-state index is 0.0301. The van der Waals surface area contributed by atoms with Crippen LogP contribution in [0.15, 0.2) is 11.4 Å². The molecule has 1 atom stereocenters. The number of rotatable bonds is 5. The van der Waals surface area contributed by atoms with Crippen LogP contribution in [-0.2, 0) is 32.0 Å². The van der Waals surface area contributed by atoms with Gasteiger partial charge in [-0.2, -0.15) is 0 Å². The summed E-state index contributed by atoms with van der Waals surface area (Å²) < 4.78 is 10.8. The van der Waals surface area contributed by atoms with E-state index in [0.29, 0.717) is 13.2 Å². The predicted octanol–water partition coefficient (Wildman–Crippen LogP) is 2.53. The summed E-state index contributed by atoms with van der Waals surface area (Å²) in [6.45, 7) is 2.48. The topological polar surface area (TPSA) is 55.8 Å². The molecule has 2 aliphatic rings. The van der Waals surface area contributed by atoms with Gasteiger partial charge in [0.15, 0.2) is 0 Å². The Kier molecular flexibility index (Phi) is 5.67. The molecule has 0 aliphatic carbocycles. The average molecular weight is 337 g/mol. The summed E-state index contributed by atoms with van der Waals surface area (Å²) in [5.41, 5.74) is 1.24. The number of thiophene rings is 1. The van der Waals surface area contributed by atoms with Crippen molar-refractivity contribution < 1.29 is 19.1 Å². The molecule has 0 bridgehead atoms. The van der Waals surface area contributed by atoms with Crippen molar-refractivity contribution in [3.05, 3.63) is 21.9 Å². The maximum atomic E-state index is 12.2. The highest BCUT2D eigenvalue weighted by Crippen LogP contribution is 2.24. The van der Waals surface area contributed by atoms with Gasteiger partial charge in [0.2, 0.25) is 5.91 Å². The highest BCUT2D eigenvalue weighted by atomic mass is 32.1. The van der Waals surface area contributed by atoms with E-state index in [1.54, 1.807) is 11.3 Å². The molecule has 6 heteroatoms. The largest absolute Gasteiger partial charge is 0.463 e. The zero-order chi connectivity index (χ0) is 16.1. The summed E-state index contributed by atoms with van der Waals surface area (Å²) in [6, 6.07) is 2.08. The molecular weight excluding hydrogens is 314 g/mol. The monoisotopic (exact) mass is 337 g/mol. The number of hydrogen-bond donors (Lipinski definition) is 0. The third-order valence-electron chi connectivity index (χ3n) is 4.41. The molecule has 1 aromatic heterocycles. The van der Waals surface area contributed by atoms with Crippen LogP contribution in [0.4, 0.5) is 0 Å². The van der Waals surface area contributed by atoms with Crippen LogP contribution in [0.25, 0.3) is 0 Å². The molecule has 0 saturated carbocycles. The van der Waals surface area contributed by atoms with Crippen molar-refractivity contribution in [2.75, 3.05) is 19.8 Å². The number of carbonyl (C=O) groups excluding carboxylic acids is 2. The number of carbonyl (C=O) groups is 2. The van der Waals surface area contributed by atoms with Crippen LogP contribution in [0.2, 0.25) is 0 Å². The molecule has 2 aliphatic heterocycles. The smallest absolute Gasteiger partial charge is 0.306 e. The number of hydrogen-bond acceptors (Lipinski definition) is 5. The van der Waals surface area contributed by atoms with Gasteiger partial charge in [0.25, 0.3) is 0 Å². The van der Waals surface area contributed by atoms with E-state index in [-0.39, 0.29) is 30.8 Å². The van der Waals surface area contributed by atoms with Gasteiger partial charge in [-0.1, -0.05) is 0 Å². The summed E-state index contributed by atoms with van der Waals surface area (Å²) in [6.07, 6.45) is 4.48. The summed E-state index contributed by atoms with van der Waals surface area (Å²) in [4.78, 5) is 27.2. The first kappa shape index (κ1) is 16.5. The molecule has 0 N–H and O–H groups in total. The zero-order valence-corrected chi connectivity index (χ0v) is 14.1. The second kappa shape index (κ2) is 7.93. The first-order valence-electron chi connectivity index (χ1n) is 8.32. The van der Waals surface area contributed by atoms with Crippen molar-refractivity contribution in [3.63, 3.8) is 0 Å². The Labute approximate surface area is 140 Å². The first-order chi connectivity index (χ1) is 11.2. The highest BCUT2D eigenvalue weighted by Gasteiger charge is 2.22. The lowest BCUT2D eigenvalue weighted by Gasteiger charge is -2.27. The summed E-state index contributed by atoms with van der Waals surface area (Å²) >= 11 is 1.75. The van der Waals surface area contributed by atoms with Crippen LogP contribution < -0.4 is 0 Å². The number of ether oxygens (including phenoxy) is 2. The Morgan fingerprint density at radius 3 is 3.09 bits per heavy atom. The van der Waals surface area contributed by atoms with Crippen LogP contribution in [0.3, 0.4) is 0 Å². The lowest BCUT2D eigenvalue weighted by atomic mass is 10.1. The Bertz CT molecular complexity index is 551. The van der Waals surface area contributed by atoms with Gasteiger partial charge in [-0.15, -0.1) is 11.3 Å². The molecule has 1 unspecified atom stereocenters. The predicted molar refractivity (Wildman–Crippen MR) is 87.2 cm³/mol. The maximum absolute atomic E-state index is 12.2. The fourth-order valence-electron chi connectivity index (χ4n) is 3.03. The second-order valence-electron chi connectivity index (χ2n) is 6.11. The first-order valence-corrected chi connectivity index (χ1v) is 9.20. The molecule has 1 saturated heterocycles. The molecule has 0 spiro atoms. The van der Waals surface area contributed by atoms with Crippen molar-refractivity contribution in [2.24, 2.45) is 0 Å². The molecule has 1 fully saturated rings. The van der Waals surface area contributed by atoms with E-state index in [0.717, 1.165) is 38.8 Å². The number of esters is 1. The van der Waals surface area contributed by atoms with Crippen LogP contribution in [0.1, 0.15) is 42.5 Å². The van der Waals surface area contributed by atoms with Crippen molar-refractivity contribution in [1.29, 1.82) is 0 Å². The van der Waals surface area contributed by atoms with Crippen LogP contribution in [-0.4, -0.2) is 42.6 Å². The molecule has 0 radical (unpaired) electrons. The van der Waals surface area contributed by atoms with E-state index in [4.69, 9.17) is 9.47 Å². The Morgan fingerprint density at radius 1 is 1.35 bits per heavy atom. The van der Waals surface area contributed by atoms with Gasteiger partial charge < -0.3 is 14.4 Å². The van der Waals surface area contributed by atoms with E-state index in [2.05, 4.69) is 11.4 Å². The van der Waals surface area contributed by atoms with E-state index in [1.807, 2.05) is 4.90 Å². The minimum atomic E-state index is -0.305. The van der Waals surface area contributed by atoms with Gasteiger partial charge in [-0.3, -0.25) is 9.59 Å². The van der Waals surface area contributed by atoms with Gasteiger partial charge in [-0.05, 0) is 42.7 Å². The van der Waals surface area contributed by atoms with Crippen LogP contribution in [0, 0.1) is 0 Å². The van der Waals surface area contributed by atoms with E-state index in [9.17, 15) is 9.59 Å². The van der Waals surface area contributed by atoms with Crippen LogP contribution >= 0.6 is 11.3 Å². The Morgan fingerprint density at radius 2 is 2.26 bits per heavy atom. The lowest BCUT2D eigenvalue weighted by molar-refractivity contribution is -0.151. The molecule has 3 heterocycles. The van der Waals surface area contributed by atoms with E-state index < -0.39 is 0 Å². The summed E-state index contributed by atoms with van der Waals surface area (Å²) in [5, 5.41) is 2.07. The van der Waals surface area contributed by atoms with Crippen molar-refractivity contribution in [3.8, 4) is 0 Å². The molecule has 1 amide bonds. The zero-order valence-electron chi connectivity index (χ0n) is 13.3. The van der Waals surface area contributed by atoms with Gasteiger partial charge >= 0.3 is 5.97 Å². The van der Waals surface area contributed by atoms with Crippen LogP contribution in [0.5, 0.6) is 0 Å². The SMILES string of the molecule is O=C(CCC(=O)N1CCc2sccc2C1)OCC1CCCCO1. The van der Waals surface area contributed by atoms with E-state index in [1.165, 1.54) is 10.4 Å². The van der Waals surface area contributed by atoms with Gasteiger partial charge in [0, 0.05) is 31.0 Å². The highest BCUT2D eigenvalue weighted by molar-refractivity contribution is 7.10. The van der Waals surface area contributed by atoms with Gasteiger partial charge in [0.05, 0.1) is 12.5 Å². The Hall–Kier alpha value is -1.40. The fourth-order valence-corrected chi connectivity index (χ4v) is 3.92. The average Bonchev–Trinajstić information content (AvgIpc) is 3.06. The van der Waals surface area contributed by atoms with Crippen molar-refractivity contribution >= 4 is 23.2 Å². The molecule has 5 nitrogen and oxygen atoms in total. The van der Waals surface area contributed by atoms with E-state index >= 15 is 0 Å². The van der Waals surface area contributed by atoms with Gasteiger partial charge in [-0.25, -0.2) is 0 Å². The normalized spacial score (nSPS) is 20.9. The standard InChI is InChI=1S/C17H23NO4S/c19-16(18-8-6-15-13(11-18)7-10-23-15)4-5-17(20)22-12-14-3-1-2-9-21-14/h7,10,14H,1-6,8-9,11-12H2. The quantitative estimate of drug-likeness (QED) is 0.775. The molecule has 1 aromatic rings. The molecule has 3 rings (SSSR count). The Balaban J connectivity index is 1.36. The molecule has 0 aromatic carbocycles. The molecular formula is C17H23NO4S. The lowest BCUT2D eigenvalue weighted by Crippen LogP contribution is -2.35. The summed E-state index contributed by atoms with van der Waals surface area (Å²) in [5.74, 6) is -0.270. The molecule has 23 heavy (non-hydrogen) atoms. The summed E-state index contributed by atoms with van der Waals surface area (Å²) in [7, 11) is 0. The second-order valence-corrected chi connectivity index (χ2v) is 7.11. The van der Waals surface area contributed by atoms with Crippen molar-refractivity contribution in [2.45, 2.75) is 51.2 Å². The minimum Gasteiger partial charge on any atom is -0.463 e. The maximum Gasteiger partial charge on any atom is 0.306 e. The third-order valence-corrected chi connectivity index (χ3v) is 5.43. The molecule has 126 valence electrons. The fraction of sp³-hybridized carbons (Fsp3) is 0.647. The third kappa shape index (κ3) is 4.54. The van der Waals surface area contributed by atoms with Crippen molar-refractivity contribution in [1.82, 2.24) is 4.90 Å². The number of amides is 1. The number of fused-ring (bicyclic) bond motifs is 1. The van der Waals surface area contributed by atoms with Gasteiger partial charge in [0.1, 0.15) is 6.61 Å².